The minimum Gasteiger partial charge on any atom is -0.499 e. The molecule has 0 aliphatic heterocycles. The predicted octanol–water partition coefficient (Wildman–Crippen LogP) is 2.35. The van der Waals surface area contributed by atoms with Crippen LogP contribution in [-0.2, 0) is 9.47 Å². The average molecular weight is 158 g/mol. The van der Waals surface area contributed by atoms with Crippen molar-refractivity contribution in [1.29, 1.82) is 0 Å². The summed E-state index contributed by atoms with van der Waals surface area (Å²) in [4.78, 5) is 0. The van der Waals surface area contributed by atoms with Gasteiger partial charge in [-0.25, -0.2) is 0 Å². The van der Waals surface area contributed by atoms with Crippen LogP contribution in [0.1, 0.15) is 26.2 Å². The lowest BCUT2D eigenvalue weighted by Gasteiger charge is -2.13. The van der Waals surface area contributed by atoms with Crippen molar-refractivity contribution in [3.05, 3.63) is 12.8 Å². The third-order valence-corrected chi connectivity index (χ3v) is 1.61. The summed E-state index contributed by atoms with van der Waals surface area (Å²) in [6.07, 6.45) is 5.15. The Hall–Kier alpha value is -0.500. The molecule has 0 aromatic carbocycles. The standard InChI is InChI=1S/C9H18O2/c1-4-6-7-9(10-3)8-11-5-2/h5,9H,2,4,6-8H2,1,3H3. The minimum atomic E-state index is 0.230. The molecule has 66 valence electrons. The van der Waals surface area contributed by atoms with E-state index in [2.05, 4.69) is 13.5 Å². The highest BCUT2D eigenvalue weighted by Crippen LogP contribution is 2.04. The fourth-order valence-electron chi connectivity index (χ4n) is 0.876. The zero-order valence-corrected chi connectivity index (χ0v) is 7.51. The van der Waals surface area contributed by atoms with E-state index in [-0.39, 0.29) is 6.10 Å². The van der Waals surface area contributed by atoms with Crippen LogP contribution in [0.25, 0.3) is 0 Å². The fourth-order valence-corrected chi connectivity index (χ4v) is 0.876. The van der Waals surface area contributed by atoms with Crippen molar-refractivity contribution in [1.82, 2.24) is 0 Å². The topological polar surface area (TPSA) is 18.5 Å². The van der Waals surface area contributed by atoms with Gasteiger partial charge in [0.25, 0.3) is 0 Å². The van der Waals surface area contributed by atoms with Crippen LogP contribution in [0.3, 0.4) is 0 Å². The number of hydrogen-bond donors (Lipinski definition) is 0. The SMILES string of the molecule is C=COCC(CCCC)OC. The predicted molar refractivity (Wildman–Crippen MR) is 46.5 cm³/mol. The molecule has 0 heterocycles. The number of ether oxygens (including phenoxy) is 2. The summed E-state index contributed by atoms with van der Waals surface area (Å²) in [7, 11) is 1.72. The van der Waals surface area contributed by atoms with Gasteiger partial charge in [-0.2, -0.15) is 0 Å². The number of methoxy groups -OCH3 is 1. The molecule has 0 N–H and O–H groups in total. The van der Waals surface area contributed by atoms with E-state index < -0.39 is 0 Å². The van der Waals surface area contributed by atoms with Crippen LogP contribution >= 0.6 is 0 Å². The van der Waals surface area contributed by atoms with Crippen LogP contribution in [0.15, 0.2) is 12.8 Å². The lowest BCUT2D eigenvalue weighted by atomic mass is 10.2. The van der Waals surface area contributed by atoms with Crippen LogP contribution in [0, 0.1) is 0 Å². The molecule has 0 fully saturated rings. The van der Waals surface area contributed by atoms with Gasteiger partial charge < -0.3 is 9.47 Å². The molecule has 0 rings (SSSR count). The summed E-state index contributed by atoms with van der Waals surface area (Å²) in [6.45, 7) is 6.26. The Morgan fingerprint density at radius 1 is 1.55 bits per heavy atom. The first kappa shape index (κ1) is 10.5. The van der Waals surface area contributed by atoms with Gasteiger partial charge in [-0.3, -0.25) is 0 Å². The molecule has 1 unspecified atom stereocenters. The van der Waals surface area contributed by atoms with E-state index in [0.717, 1.165) is 6.42 Å². The van der Waals surface area contributed by atoms with Gasteiger partial charge in [-0.05, 0) is 6.42 Å². The Kier molecular flexibility index (Phi) is 7.26. The van der Waals surface area contributed by atoms with E-state index in [1.54, 1.807) is 7.11 Å². The summed E-state index contributed by atoms with van der Waals surface area (Å²) >= 11 is 0. The molecule has 2 nitrogen and oxygen atoms in total. The number of unbranched alkanes of at least 4 members (excludes halogenated alkanes) is 1. The molecule has 0 amide bonds. The zero-order chi connectivity index (χ0) is 8.53. The highest BCUT2D eigenvalue weighted by Gasteiger charge is 2.04. The maximum absolute atomic E-state index is 5.18. The molecule has 0 aliphatic carbocycles. The van der Waals surface area contributed by atoms with Gasteiger partial charge in [0.2, 0.25) is 0 Å². The Bertz CT molecular complexity index is 91.6. The van der Waals surface area contributed by atoms with Crippen molar-refractivity contribution in [2.45, 2.75) is 32.3 Å². The lowest BCUT2D eigenvalue weighted by molar-refractivity contribution is 0.0355. The normalized spacial score (nSPS) is 12.5. The monoisotopic (exact) mass is 158 g/mol. The van der Waals surface area contributed by atoms with Gasteiger partial charge in [0, 0.05) is 7.11 Å². The Labute approximate surface area is 69.2 Å². The third-order valence-electron chi connectivity index (χ3n) is 1.61. The molecule has 0 radical (unpaired) electrons. The summed E-state index contributed by atoms with van der Waals surface area (Å²) in [6, 6.07) is 0. The quantitative estimate of drug-likeness (QED) is 0.529. The summed E-state index contributed by atoms with van der Waals surface area (Å²) in [5.74, 6) is 0. The van der Waals surface area contributed by atoms with Gasteiger partial charge in [0.05, 0.1) is 12.4 Å². The van der Waals surface area contributed by atoms with E-state index in [1.807, 2.05) is 0 Å². The molecule has 11 heavy (non-hydrogen) atoms. The maximum atomic E-state index is 5.18. The van der Waals surface area contributed by atoms with Gasteiger partial charge in [-0.1, -0.05) is 26.3 Å². The molecular formula is C9H18O2. The van der Waals surface area contributed by atoms with Crippen molar-refractivity contribution < 1.29 is 9.47 Å². The molecule has 0 aliphatic rings. The van der Waals surface area contributed by atoms with E-state index >= 15 is 0 Å². The molecule has 2 heteroatoms. The molecule has 0 bridgehead atoms. The molecular weight excluding hydrogens is 140 g/mol. The summed E-state index contributed by atoms with van der Waals surface area (Å²) < 4.78 is 10.2. The Morgan fingerprint density at radius 3 is 2.73 bits per heavy atom. The van der Waals surface area contributed by atoms with Gasteiger partial charge in [-0.15, -0.1) is 0 Å². The molecule has 0 spiro atoms. The molecule has 0 aromatic heterocycles. The number of hydrogen-bond acceptors (Lipinski definition) is 2. The van der Waals surface area contributed by atoms with Crippen LogP contribution in [0.5, 0.6) is 0 Å². The second-order valence-corrected chi connectivity index (χ2v) is 2.50. The van der Waals surface area contributed by atoms with E-state index in [9.17, 15) is 0 Å². The highest BCUT2D eigenvalue weighted by molar-refractivity contribution is 4.58. The van der Waals surface area contributed by atoms with Gasteiger partial charge in [0.1, 0.15) is 6.61 Å². The van der Waals surface area contributed by atoms with E-state index in [1.165, 1.54) is 19.1 Å². The highest BCUT2D eigenvalue weighted by atomic mass is 16.5. The van der Waals surface area contributed by atoms with Crippen molar-refractivity contribution in [2.24, 2.45) is 0 Å². The Morgan fingerprint density at radius 2 is 2.27 bits per heavy atom. The van der Waals surface area contributed by atoms with Crippen LogP contribution in [0.4, 0.5) is 0 Å². The molecule has 0 saturated carbocycles. The van der Waals surface area contributed by atoms with Gasteiger partial charge >= 0.3 is 0 Å². The van der Waals surface area contributed by atoms with Crippen molar-refractivity contribution >= 4 is 0 Å². The molecule has 0 aromatic rings. The largest absolute Gasteiger partial charge is 0.499 e. The van der Waals surface area contributed by atoms with Gasteiger partial charge in [0.15, 0.2) is 0 Å². The molecule has 0 saturated heterocycles. The van der Waals surface area contributed by atoms with Crippen LogP contribution in [-0.4, -0.2) is 19.8 Å². The van der Waals surface area contributed by atoms with E-state index in [4.69, 9.17) is 9.47 Å². The second kappa shape index (κ2) is 7.61. The van der Waals surface area contributed by atoms with Crippen LogP contribution < -0.4 is 0 Å². The van der Waals surface area contributed by atoms with E-state index in [0.29, 0.717) is 6.61 Å². The summed E-state index contributed by atoms with van der Waals surface area (Å²) in [5.41, 5.74) is 0. The fraction of sp³-hybridized carbons (Fsp3) is 0.778. The Balaban J connectivity index is 3.32. The summed E-state index contributed by atoms with van der Waals surface area (Å²) in [5, 5.41) is 0. The average Bonchev–Trinajstić information content (AvgIpc) is 2.05. The van der Waals surface area contributed by atoms with Crippen LogP contribution in [0.2, 0.25) is 0 Å². The second-order valence-electron chi connectivity index (χ2n) is 2.50. The zero-order valence-electron chi connectivity index (χ0n) is 7.51. The van der Waals surface area contributed by atoms with Crippen molar-refractivity contribution in [3.8, 4) is 0 Å². The molecule has 1 atom stereocenters. The third kappa shape index (κ3) is 5.92. The minimum absolute atomic E-state index is 0.230. The lowest BCUT2D eigenvalue weighted by Crippen LogP contribution is -2.16. The first-order chi connectivity index (χ1) is 5.35. The number of rotatable bonds is 7. The maximum Gasteiger partial charge on any atom is 0.113 e. The first-order valence-corrected chi connectivity index (χ1v) is 4.10. The van der Waals surface area contributed by atoms with Crippen molar-refractivity contribution in [2.75, 3.05) is 13.7 Å². The smallest absolute Gasteiger partial charge is 0.113 e. The van der Waals surface area contributed by atoms with Crippen molar-refractivity contribution in [3.63, 3.8) is 0 Å². The first-order valence-electron chi connectivity index (χ1n) is 4.10.